The minimum Gasteiger partial charge on any atom is -0.326 e. The third-order valence-electron chi connectivity index (χ3n) is 4.09. The van der Waals surface area contributed by atoms with Crippen LogP contribution < -0.4 is 11.3 Å². The van der Waals surface area contributed by atoms with E-state index in [9.17, 15) is 4.79 Å². The second kappa shape index (κ2) is 3.20. The van der Waals surface area contributed by atoms with Crippen molar-refractivity contribution in [2.75, 3.05) is 0 Å². The summed E-state index contributed by atoms with van der Waals surface area (Å²) in [7, 11) is 0. The molecule has 1 heterocycles. The Morgan fingerprint density at radius 1 is 1.53 bits per heavy atom. The first-order valence-corrected chi connectivity index (χ1v) is 5.94. The molecule has 88 valence electrons. The monoisotopic (exact) mass is 228 g/mol. The summed E-state index contributed by atoms with van der Waals surface area (Å²) in [5.41, 5.74) is 10.5. The summed E-state index contributed by atoms with van der Waals surface area (Å²) in [6, 6.07) is 3.43. The molecule has 0 fully saturated rings. The summed E-state index contributed by atoms with van der Waals surface area (Å²) >= 11 is 0. The highest BCUT2D eigenvalue weighted by molar-refractivity contribution is 5.56. The van der Waals surface area contributed by atoms with Crippen LogP contribution >= 0.6 is 0 Å². The molecule has 2 aliphatic rings. The van der Waals surface area contributed by atoms with Crippen molar-refractivity contribution in [3.63, 3.8) is 0 Å². The standard InChI is InChI=1S/C14H16N2O/c1-3-10-9-6-8(2)14(10,15)11-4-5-13(17)16-12(11)7-9/h3-6,9H,7,15H2,1-2H3,(H,16,17)/t9-,14+/m0/s1. The van der Waals surface area contributed by atoms with Crippen LogP contribution in [0.1, 0.15) is 25.1 Å². The predicted octanol–water partition coefficient (Wildman–Crippen LogP) is 1.61. The highest BCUT2D eigenvalue weighted by Gasteiger charge is 2.46. The largest absolute Gasteiger partial charge is 0.326 e. The average molecular weight is 228 g/mol. The molecule has 3 heteroatoms. The summed E-state index contributed by atoms with van der Waals surface area (Å²) in [6.07, 6.45) is 5.20. The van der Waals surface area contributed by atoms with E-state index in [1.165, 1.54) is 11.1 Å². The molecule has 0 saturated carbocycles. The van der Waals surface area contributed by atoms with Gasteiger partial charge >= 0.3 is 0 Å². The van der Waals surface area contributed by atoms with Gasteiger partial charge in [0.15, 0.2) is 0 Å². The molecule has 0 saturated heterocycles. The second-order valence-corrected chi connectivity index (χ2v) is 4.93. The normalized spacial score (nSPS) is 32.5. The maximum Gasteiger partial charge on any atom is 0.248 e. The predicted molar refractivity (Wildman–Crippen MR) is 67.6 cm³/mol. The van der Waals surface area contributed by atoms with Gasteiger partial charge in [0, 0.05) is 17.7 Å². The lowest BCUT2D eigenvalue weighted by molar-refractivity contribution is 0.538. The van der Waals surface area contributed by atoms with Gasteiger partial charge in [-0.1, -0.05) is 12.2 Å². The number of rotatable bonds is 0. The molecule has 1 aromatic heterocycles. The fourth-order valence-corrected chi connectivity index (χ4v) is 3.29. The Balaban J connectivity index is 2.33. The van der Waals surface area contributed by atoms with Crippen LogP contribution in [0.4, 0.5) is 0 Å². The zero-order valence-electron chi connectivity index (χ0n) is 10.1. The van der Waals surface area contributed by atoms with Crippen molar-refractivity contribution in [3.05, 3.63) is 57.0 Å². The molecular weight excluding hydrogens is 212 g/mol. The van der Waals surface area contributed by atoms with Crippen molar-refractivity contribution >= 4 is 0 Å². The summed E-state index contributed by atoms with van der Waals surface area (Å²) < 4.78 is 0. The van der Waals surface area contributed by atoms with Gasteiger partial charge in [-0.15, -0.1) is 0 Å². The lowest BCUT2D eigenvalue weighted by Gasteiger charge is -2.36. The SMILES string of the molecule is CC=C1[C@H]2C=C(C)[C@]1(N)c1ccc(=O)[nH]c1C2. The average Bonchev–Trinajstić information content (AvgIpc) is 2.45. The van der Waals surface area contributed by atoms with Gasteiger partial charge in [-0.2, -0.15) is 0 Å². The van der Waals surface area contributed by atoms with Crippen molar-refractivity contribution in [2.45, 2.75) is 25.8 Å². The van der Waals surface area contributed by atoms with Gasteiger partial charge in [-0.25, -0.2) is 0 Å². The third-order valence-corrected chi connectivity index (χ3v) is 4.09. The first-order valence-electron chi connectivity index (χ1n) is 5.94. The number of hydrogen-bond acceptors (Lipinski definition) is 2. The van der Waals surface area contributed by atoms with Gasteiger partial charge < -0.3 is 10.7 Å². The maximum atomic E-state index is 11.4. The molecule has 0 aromatic carbocycles. The van der Waals surface area contributed by atoms with Gasteiger partial charge in [0.2, 0.25) is 5.56 Å². The number of aromatic nitrogens is 1. The summed E-state index contributed by atoms with van der Waals surface area (Å²) in [4.78, 5) is 14.3. The minimum absolute atomic E-state index is 0.0478. The van der Waals surface area contributed by atoms with Crippen LogP contribution in [-0.4, -0.2) is 4.98 Å². The molecule has 0 radical (unpaired) electrons. The van der Waals surface area contributed by atoms with Crippen LogP contribution in [0.2, 0.25) is 0 Å². The lowest BCUT2D eigenvalue weighted by Crippen LogP contribution is -2.43. The summed E-state index contributed by atoms with van der Waals surface area (Å²) in [6.45, 7) is 4.11. The molecule has 3 N–H and O–H groups in total. The fraction of sp³-hybridized carbons (Fsp3) is 0.357. The van der Waals surface area contributed by atoms with Crippen LogP contribution in [0, 0.1) is 5.92 Å². The van der Waals surface area contributed by atoms with Crippen LogP contribution in [-0.2, 0) is 12.0 Å². The van der Waals surface area contributed by atoms with Gasteiger partial charge in [0.25, 0.3) is 0 Å². The van der Waals surface area contributed by atoms with Crippen LogP contribution in [0.3, 0.4) is 0 Å². The number of fused-ring (bicyclic) bond motifs is 4. The van der Waals surface area contributed by atoms with Crippen molar-refractivity contribution in [2.24, 2.45) is 11.7 Å². The van der Waals surface area contributed by atoms with E-state index in [0.29, 0.717) is 5.92 Å². The Kier molecular flexibility index (Phi) is 1.98. The zero-order chi connectivity index (χ0) is 12.2. The van der Waals surface area contributed by atoms with Crippen molar-refractivity contribution in [3.8, 4) is 0 Å². The van der Waals surface area contributed by atoms with Crippen molar-refractivity contribution < 1.29 is 0 Å². The van der Waals surface area contributed by atoms with Crippen LogP contribution in [0.5, 0.6) is 0 Å². The molecule has 0 unspecified atom stereocenters. The van der Waals surface area contributed by atoms with Crippen molar-refractivity contribution in [1.29, 1.82) is 0 Å². The quantitative estimate of drug-likeness (QED) is 0.663. The van der Waals surface area contributed by atoms with E-state index in [2.05, 4.69) is 24.1 Å². The number of nitrogens with two attached hydrogens (primary N) is 1. The van der Waals surface area contributed by atoms with E-state index in [4.69, 9.17) is 5.73 Å². The highest BCUT2D eigenvalue weighted by atomic mass is 16.1. The molecule has 0 spiro atoms. The van der Waals surface area contributed by atoms with E-state index in [-0.39, 0.29) is 5.56 Å². The topological polar surface area (TPSA) is 58.9 Å². The number of hydrogen-bond donors (Lipinski definition) is 2. The molecule has 0 amide bonds. The Morgan fingerprint density at radius 2 is 2.29 bits per heavy atom. The Hall–Kier alpha value is -1.61. The lowest BCUT2D eigenvalue weighted by atomic mass is 9.73. The Morgan fingerprint density at radius 3 is 3.00 bits per heavy atom. The van der Waals surface area contributed by atoms with Gasteiger partial charge in [0.1, 0.15) is 0 Å². The highest BCUT2D eigenvalue weighted by Crippen LogP contribution is 2.49. The number of pyridine rings is 1. The number of nitrogens with one attached hydrogen (secondary N) is 1. The van der Waals surface area contributed by atoms with E-state index >= 15 is 0 Å². The maximum absolute atomic E-state index is 11.4. The number of H-pyrrole nitrogens is 1. The van der Waals surface area contributed by atoms with E-state index < -0.39 is 5.54 Å². The fourth-order valence-electron chi connectivity index (χ4n) is 3.29. The van der Waals surface area contributed by atoms with Crippen molar-refractivity contribution in [1.82, 2.24) is 4.98 Å². The first kappa shape index (κ1) is 10.5. The molecule has 3 rings (SSSR count). The van der Waals surface area contributed by atoms with Crippen LogP contribution in [0.15, 0.2) is 40.2 Å². The molecule has 1 aromatic rings. The number of allylic oxidation sites excluding steroid dienone is 2. The summed E-state index contributed by atoms with van der Waals surface area (Å²) in [5, 5.41) is 0. The second-order valence-electron chi connectivity index (χ2n) is 4.93. The molecule has 3 nitrogen and oxygen atoms in total. The van der Waals surface area contributed by atoms with E-state index in [0.717, 1.165) is 17.7 Å². The first-order chi connectivity index (χ1) is 8.07. The molecule has 2 atom stereocenters. The zero-order valence-corrected chi connectivity index (χ0v) is 10.1. The summed E-state index contributed by atoms with van der Waals surface area (Å²) in [5.74, 6) is 0.343. The van der Waals surface area contributed by atoms with Gasteiger partial charge in [0.05, 0.1) is 5.54 Å². The Labute approximate surface area is 100 Å². The molecule has 0 aliphatic heterocycles. The smallest absolute Gasteiger partial charge is 0.248 e. The molecule has 2 bridgehead atoms. The van der Waals surface area contributed by atoms with Gasteiger partial charge in [-0.05, 0) is 43.0 Å². The number of aromatic amines is 1. The Bertz CT molecular complexity index is 609. The van der Waals surface area contributed by atoms with E-state index in [1.54, 1.807) is 6.07 Å². The van der Waals surface area contributed by atoms with Crippen LogP contribution in [0.25, 0.3) is 0 Å². The molecule has 17 heavy (non-hydrogen) atoms. The van der Waals surface area contributed by atoms with E-state index in [1.807, 2.05) is 13.0 Å². The molecule has 2 aliphatic carbocycles. The van der Waals surface area contributed by atoms with Gasteiger partial charge in [-0.3, -0.25) is 4.79 Å². The third kappa shape index (κ3) is 1.17. The minimum atomic E-state index is -0.503. The molecular formula is C14H16N2O.